The number of benzene rings is 1. The lowest BCUT2D eigenvalue weighted by atomic mass is 9.68. The average Bonchev–Trinajstić information content (AvgIpc) is 2.69. The predicted octanol–water partition coefficient (Wildman–Crippen LogP) is 7.63. The van der Waals surface area contributed by atoms with Gasteiger partial charge in [-0.2, -0.15) is 0 Å². The van der Waals surface area contributed by atoms with E-state index in [-0.39, 0.29) is 0 Å². The quantitative estimate of drug-likeness (QED) is 0.424. The Kier molecular flexibility index (Phi) is 8.33. The Labute approximate surface area is 165 Å². The smallest absolute Gasteiger partial charge is 0.0465 e. The minimum atomic E-state index is 0.769. The SMILES string of the molecule is CCOCCCC[C@H]1CC[C@H]([C@H]2CC[C@H](c3ccc(Cl)cc3)CC2)CC1. The average molecular weight is 377 g/mol. The lowest BCUT2D eigenvalue weighted by molar-refractivity contribution is 0.135. The summed E-state index contributed by atoms with van der Waals surface area (Å²) < 4.78 is 5.46. The summed E-state index contributed by atoms with van der Waals surface area (Å²) in [5, 5.41) is 0.858. The largest absolute Gasteiger partial charge is 0.382 e. The highest BCUT2D eigenvalue weighted by molar-refractivity contribution is 6.30. The Hall–Kier alpha value is -0.530. The molecule has 1 aromatic carbocycles. The molecule has 2 aliphatic rings. The van der Waals surface area contributed by atoms with E-state index in [1.54, 1.807) is 0 Å². The van der Waals surface area contributed by atoms with Crippen molar-refractivity contribution in [1.82, 2.24) is 0 Å². The van der Waals surface area contributed by atoms with Crippen LogP contribution in [0.5, 0.6) is 0 Å². The van der Waals surface area contributed by atoms with Crippen LogP contribution in [0.25, 0.3) is 0 Å². The highest BCUT2D eigenvalue weighted by Gasteiger charge is 2.31. The molecule has 0 unspecified atom stereocenters. The standard InChI is InChI=1S/C24H37ClO/c1-2-26-18-4-3-5-19-6-8-20(9-7-19)21-10-12-22(13-11-21)23-14-16-24(25)17-15-23/h14-17,19-22H,2-13,18H2,1H3/t19-,20-,21-,22-. The molecule has 3 rings (SSSR count). The minimum Gasteiger partial charge on any atom is -0.382 e. The molecule has 0 aliphatic heterocycles. The van der Waals surface area contributed by atoms with Crippen molar-refractivity contribution in [2.75, 3.05) is 13.2 Å². The van der Waals surface area contributed by atoms with E-state index in [0.29, 0.717) is 0 Å². The van der Waals surface area contributed by atoms with Crippen molar-refractivity contribution in [1.29, 1.82) is 0 Å². The Bertz CT molecular complexity index is 495. The van der Waals surface area contributed by atoms with Crippen LogP contribution in [0.15, 0.2) is 24.3 Å². The van der Waals surface area contributed by atoms with Gasteiger partial charge in [-0.25, -0.2) is 0 Å². The number of unbranched alkanes of at least 4 members (excludes halogenated alkanes) is 1. The number of ether oxygens (including phenoxy) is 1. The summed E-state index contributed by atoms with van der Waals surface area (Å²) in [7, 11) is 0. The number of rotatable bonds is 8. The lowest BCUT2D eigenvalue weighted by Gasteiger charge is -2.38. The topological polar surface area (TPSA) is 9.23 Å². The van der Waals surface area contributed by atoms with Crippen molar-refractivity contribution in [3.63, 3.8) is 0 Å². The van der Waals surface area contributed by atoms with Crippen molar-refractivity contribution in [2.24, 2.45) is 17.8 Å². The van der Waals surface area contributed by atoms with Gasteiger partial charge in [0, 0.05) is 18.2 Å². The van der Waals surface area contributed by atoms with Gasteiger partial charge in [0.1, 0.15) is 0 Å². The van der Waals surface area contributed by atoms with Crippen LogP contribution in [0.3, 0.4) is 0 Å². The van der Waals surface area contributed by atoms with Gasteiger partial charge in [-0.05, 0) is 93.2 Å². The minimum absolute atomic E-state index is 0.769. The molecule has 0 heterocycles. The number of hydrogen-bond acceptors (Lipinski definition) is 1. The van der Waals surface area contributed by atoms with Gasteiger partial charge in [0.05, 0.1) is 0 Å². The van der Waals surface area contributed by atoms with E-state index in [4.69, 9.17) is 16.3 Å². The Morgan fingerprint density at radius 1 is 0.846 bits per heavy atom. The Morgan fingerprint density at radius 3 is 2.08 bits per heavy atom. The molecule has 26 heavy (non-hydrogen) atoms. The van der Waals surface area contributed by atoms with Gasteiger partial charge in [-0.1, -0.05) is 49.4 Å². The molecule has 0 bridgehead atoms. The second-order valence-electron chi connectivity index (χ2n) is 8.64. The van der Waals surface area contributed by atoms with E-state index < -0.39 is 0 Å². The molecule has 0 radical (unpaired) electrons. The molecule has 1 aromatic rings. The third kappa shape index (κ3) is 5.99. The fourth-order valence-electron chi connectivity index (χ4n) is 5.39. The third-order valence-corrected chi connectivity index (χ3v) is 7.28. The van der Waals surface area contributed by atoms with E-state index >= 15 is 0 Å². The molecule has 0 saturated heterocycles. The maximum absolute atomic E-state index is 6.03. The predicted molar refractivity (Wildman–Crippen MR) is 112 cm³/mol. The van der Waals surface area contributed by atoms with E-state index in [0.717, 1.165) is 41.9 Å². The van der Waals surface area contributed by atoms with Crippen LogP contribution < -0.4 is 0 Å². The summed E-state index contributed by atoms with van der Waals surface area (Å²) in [6.07, 6.45) is 15.6. The molecule has 2 fully saturated rings. The maximum atomic E-state index is 6.03. The fraction of sp³-hybridized carbons (Fsp3) is 0.750. The van der Waals surface area contributed by atoms with Gasteiger partial charge in [-0.15, -0.1) is 0 Å². The van der Waals surface area contributed by atoms with Crippen molar-refractivity contribution in [3.8, 4) is 0 Å². The van der Waals surface area contributed by atoms with Crippen LogP contribution in [0.1, 0.15) is 89.0 Å². The molecule has 2 heteroatoms. The zero-order chi connectivity index (χ0) is 18.2. The van der Waals surface area contributed by atoms with Gasteiger partial charge < -0.3 is 4.74 Å². The summed E-state index contributed by atoms with van der Waals surface area (Å²) in [4.78, 5) is 0. The van der Waals surface area contributed by atoms with Gasteiger partial charge in [-0.3, -0.25) is 0 Å². The normalized spacial score (nSPS) is 29.6. The molecular weight excluding hydrogens is 340 g/mol. The maximum Gasteiger partial charge on any atom is 0.0465 e. The molecule has 0 spiro atoms. The first-order valence-electron chi connectivity index (χ1n) is 11.1. The summed E-state index contributed by atoms with van der Waals surface area (Å²) >= 11 is 6.03. The molecule has 0 amide bonds. The van der Waals surface area contributed by atoms with Gasteiger partial charge >= 0.3 is 0 Å². The van der Waals surface area contributed by atoms with Gasteiger partial charge in [0.2, 0.25) is 0 Å². The van der Waals surface area contributed by atoms with Crippen molar-refractivity contribution < 1.29 is 4.74 Å². The molecular formula is C24H37ClO. The first kappa shape index (κ1) is 20.2. The van der Waals surface area contributed by atoms with Crippen LogP contribution in [0, 0.1) is 17.8 Å². The highest BCUT2D eigenvalue weighted by Crippen LogP contribution is 2.44. The van der Waals surface area contributed by atoms with Crippen LogP contribution in [-0.2, 0) is 4.74 Å². The lowest BCUT2D eigenvalue weighted by Crippen LogP contribution is -2.25. The monoisotopic (exact) mass is 376 g/mol. The van der Waals surface area contributed by atoms with E-state index in [1.165, 1.54) is 76.2 Å². The van der Waals surface area contributed by atoms with Crippen molar-refractivity contribution in [2.45, 2.75) is 83.5 Å². The summed E-state index contributed by atoms with van der Waals surface area (Å²) in [6, 6.07) is 8.59. The third-order valence-electron chi connectivity index (χ3n) is 7.03. The fourth-order valence-corrected chi connectivity index (χ4v) is 5.51. The molecule has 1 nitrogen and oxygen atoms in total. The van der Waals surface area contributed by atoms with Gasteiger partial charge in [0.15, 0.2) is 0 Å². The molecule has 146 valence electrons. The van der Waals surface area contributed by atoms with Crippen LogP contribution in [0.2, 0.25) is 5.02 Å². The summed E-state index contributed by atoms with van der Waals surface area (Å²) in [6.45, 7) is 3.91. The van der Waals surface area contributed by atoms with Crippen LogP contribution in [-0.4, -0.2) is 13.2 Å². The molecule has 2 aliphatic carbocycles. The second-order valence-corrected chi connectivity index (χ2v) is 9.07. The molecule has 0 aromatic heterocycles. The highest BCUT2D eigenvalue weighted by atomic mass is 35.5. The molecule has 0 N–H and O–H groups in total. The second kappa shape index (κ2) is 10.7. The first-order valence-corrected chi connectivity index (χ1v) is 11.5. The van der Waals surface area contributed by atoms with Crippen LogP contribution in [0.4, 0.5) is 0 Å². The van der Waals surface area contributed by atoms with Gasteiger partial charge in [0.25, 0.3) is 0 Å². The zero-order valence-electron chi connectivity index (χ0n) is 16.6. The number of halogens is 1. The Balaban J connectivity index is 1.34. The zero-order valence-corrected chi connectivity index (χ0v) is 17.4. The van der Waals surface area contributed by atoms with Crippen LogP contribution >= 0.6 is 11.6 Å². The summed E-state index contributed by atoms with van der Waals surface area (Å²) in [5.74, 6) is 3.78. The first-order chi connectivity index (χ1) is 12.8. The summed E-state index contributed by atoms with van der Waals surface area (Å²) in [5.41, 5.74) is 1.50. The van der Waals surface area contributed by atoms with Crippen molar-refractivity contribution in [3.05, 3.63) is 34.9 Å². The number of hydrogen-bond donors (Lipinski definition) is 0. The van der Waals surface area contributed by atoms with E-state index in [2.05, 4.69) is 31.2 Å². The molecule has 0 atom stereocenters. The van der Waals surface area contributed by atoms with E-state index in [1.807, 2.05) is 0 Å². The van der Waals surface area contributed by atoms with Crippen molar-refractivity contribution >= 4 is 11.6 Å². The Morgan fingerprint density at radius 2 is 1.46 bits per heavy atom. The molecule has 2 saturated carbocycles. The van der Waals surface area contributed by atoms with E-state index in [9.17, 15) is 0 Å².